The topological polar surface area (TPSA) is 19.4 Å². The number of nitrogens with zero attached hydrogens (tertiary/aromatic N) is 3. The standard InChI is InChI=1S/C11H18ClN3S/c1-14-4-3-9(6-14)7-15(2)11-13-10(5-12)8-16-11/h8-9H,3-7H2,1-2H3. The second-order valence-corrected chi connectivity index (χ2v) is 5.66. The molecule has 3 nitrogen and oxygen atoms in total. The molecule has 0 aliphatic carbocycles. The van der Waals surface area contributed by atoms with E-state index in [4.69, 9.17) is 11.6 Å². The van der Waals surface area contributed by atoms with Crippen molar-refractivity contribution in [3.63, 3.8) is 0 Å². The van der Waals surface area contributed by atoms with Crippen LogP contribution in [0.4, 0.5) is 5.13 Å². The van der Waals surface area contributed by atoms with Crippen molar-refractivity contribution in [3.05, 3.63) is 11.1 Å². The lowest BCUT2D eigenvalue weighted by atomic mass is 10.1. The molecule has 0 spiro atoms. The highest BCUT2D eigenvalue weighted by Crippen LogP contribution is 2.23. The molecule has 1 aromatic heterocycles. The molecule has 2 rings (SSSR count). The number of rotatable bonds is 4. The number of aromatic nitrogens is 1. The van der Waals surface area contributed by atoms with E-state index in [2.05, 4.69) is 28.9 Å². The van der Waals surface area contributed by atoms with E-state index in [9.17, 15) is 0 Å². The third-order valence-electron chi connectivity index (χ3n) is 3.02. The van der Waals surface area contributed by atoms with Gasteiger partial charge in [-0.05, 0) is 25.9 Å². The van der Waals surface area contributed by atoms with Gasteiger partial charge < -0.3 is 9.80 Å². The fourth-order valence-corrected chi connectivity index (χ4v) is 3.20. The summed E-state index contributed by atoms with van der Waals surface area (Å²) in [5.74, 6) is 1.29. The second kappa shape index (κ2) is 5.34. The Morgan fingerprint density at radius 2 is 2.50 bits per heavy atom. The average molecular weight is 260 g/mol. The first-order chi connectivity index (χ1) is 7.69. The first kappa shape index (κ1) is 12.1. The lowest BCUT2D eigenvalue weighted by molar-refractivity contribution is 0.396. The van der Waals surface area contributed by atoms with E-state index in [-0.39, 0.29) is 0 Å². The van der Waals surface area contributed by atoms with Gasteiger partial charge in [-0.3, -0.25) is 0 Å². The van der Waals surface area contributed by atoms with Gasteiger partial charge in [-0.15, -0.1) is 22.9 Å². The van der Waals surface area contributed by atoms with Crippen LogP contribution in [0.1, 0.15) is 12.1 Å². The maximum atomic E-state index is 5.75. The minimum atomic E-state index is 0.510. The molecule has 1 saturated heterocycles. The summed E-state index contributed by atoms with van der Waals surface area (Å²) in [7, 11) is 4.31. The van der Waals surface area contributed by atoms with Crippen LogP contribution >= 0.6 is 22.9 Å². The van der Waals surface area contributed by atoms with Crippen LogP contribution in [-0.2, 0) is 5.88 Å². The van der Waals surface area contributed by atoms with Crippen LogP contribution in [-0.4, -0.2) is 43.6 Å². The summed E-state index contributed by atoms with van der Waals surface area (Å²) in [6.45, 7) is 3.53. The molecule has 1 aromatic rings. The van der Waals surface area contributed by atoms with Gasteiger partial charge in [0.1, 0.15) is 0 Å². The van der Waals surface area contributed by atoms with E-state index in [1.54, 1.807) is 11.3 Å². The Labute approximate surface area is 106 Å². The van der Waals surface area contributed by atoms with Gasteiger partial charge >= 0.3 is 0 Å². The predicted molar refractivity (Wildman–Crippen MR) is 70.5 cm³/mol. The maximum absolute atomic E-state index is 5.75. The highest BCUT2D eigenvalue weighted by molar-refractivity contribution is 7.13. The molecule has 16 heavy (non-hydrogen) atoms. The first-order valence-electron chi connectivity index (χ1n) is 5.59. The summed E-state index contributed by atoms with van der Waals surface area (Å²) in [5, 5.41) is 3.13. The second-order valence-electron chi connectivity index (χ2n) is 4.55. The van der Waals surface area contributed by atoms with Gasteiger partial charge in [-0.1, -0.05) is 0 Å². The largest absolute Gasteiger partial charge is 0.351 e. The number of thiazole rings is 1. The number of anilines is 1. The number of hydrogen-bond acceptors (Lipinski definition) is 4. The molecule has 90 valence electrons. The van der Waals surface area contributed by atoms with E-state index < -0.39 is 0 Å². The smallest absolute Gasteiger partial charge is 0.185 e. The molecule has 0 aromatic carbocycles. The zero-order chi connectivity index (χ0) is 11.5. The number of halogens is 1. The van der Waals surface area contributed by atoms with Crippen molar-refractivity contribution in [2.45, 2.75) is 12.3 Å². The molecule has 0 radical (unpaired) electrons. The number of likely N-dealkylation sites (tertiary alicyclic amines) is 1. The molecule has 1 atom stereocenters. The normalized spacial score (nSPS) is 21.6. The van der Waals surface area contributed by atoms with Gasteiger partial charge in [0.2, 0.25) is 0 Å². The van der Waals surface area contributed by atoms with Crippen LogP contribution in [0.3, 0.4) is 0 Å². The van der Waals surface area contributed by atoms with E-state index in [0.29, 0.717) is 5.88 Å². The van der Waals surface area contributed by atoms with Crippen LogP contribution in [0.25, 0.3) is 0 Å². The third kappa shape index (κ3) is 2.87. The van der Waals surface area contributed by atoms with Crippen molar-refractivity contribution in [2.24, 2.45) is 5.92 Å². The van der Waals surface area contributed by atoms with Crippen molar-refractivity contribution in [1.29, 1.82) is 0 Å². The van der Waals surface area contributed by atoms with Crippen molar-refractivity contribution in [3.8, 4) is 0 Å². The quantitative estimate of drug-likeness (QED) is 0.774. The zero-order valence-electron chi connectivity index (χ0n) is 9.82. The predicted octanol–water partition coefficient (Wildman–Crippen LogP) is 2.27. The van der Waals surface area contributed by atoms with E-state index in [0.717, 1.165) is 23.3 Å². The number of hydrogen-bond donors (Lipinski definition) is 0. The van der Waals surface area contributed by atoms with Gasteiger partial charge in [0.25, 0.3) is 0 Å². The Hall–Kier alpha value is -0.320. The highest BCUT2D eigenvalue weighted by Gasteiger charge is 2.21. The summed E-state index contributed by atoms with van der Waals surface area (Å²) in [5.41, 5.74) is 0.983. The monoisotopic (exact) mass is 259 g/mol. The van der Waals surface area contributed by atoms with Gasteiger partial charge in [0.05, 0.1) is 11.6 Å². The SMILES string of the molecule is CN1CCC(CN(C)c2nc(CCl)cs2)C1. The molecule has 0 bridgehead atoms. The molecular weight excluding hydrogens is 242 g/mol. The molecule has 0 saturated carbocycles. The Morgan fingerprint density at radius 3 is 3.06 bits per heavy atom. The Balaban J connectivity index is 1.89. The Morgan fingerprint density at radius 1 is 1.69 bits per heavy atom. The molecule has 1 unspecified atom stereocenters. The molecule has 1 aliphatic heterocycles. The fourth-order valence-electron chi connectivity index (χ4n) is 2.17. The van der Waals surface area contributed by atoms with Gasteiger partial charge in [0.15, 0.2) is 5.13 Å². The molecule has 0 amide bonds. The lowest BCUT2D eigenvalue weighted by Crippen LogP contribution is -2.27. The Bertz CT molecular complexity index is 342. The summed E-state index contributed by atoms with van der Waals surface area (Å²) >= 11 is 7.44. The van der Waals surface area contributed by atoms with E-state index >= 15 is 0 Å². The van der Waals surface area contributed by atoms with Crippen molar-refractivity contribution in [2.75, 3.05) is 38.6 Å². The van der Waals surface area contributed by atoms with Crippen LogP contribution < -0.4 is 4.90 Å². The van der Waals surface area contributed by atoms with Crippen LogP contribution in [0, 0.1) is 5.92 Å². The van der Waals surface area contributed by atoms with Crippen LogP contribution in [0.2, 0.25) is 0 Å². The molecule has 0 N–H and O–H groups in total. The average Bonchev–Trinajstić information content (AvgIpc) is 2.87. The van der Waals surface area contributed by atoms with Gasteiger partial charge in [-0.2, -0.15) is 0 Å². The molecule has 1 fully saturated rings. The fraction of sp³-hybridized carbons (Fsp3) is 0.727. The van der Waals surface area contributed by atoms with Crippen LogP contribution in [0.15, 0.2) is 5.38 Å². The van der Waals surface area contributed by atoms with Gasteiger partial charge in [0, 0.05) is 25.5 Å². The molecule has 5 heteroatoms. The molecule has 2 heterocycles. The summed E-state index contributed by atoms with van der Waals surface area (Å²) in [6.07, 6.45) is 1.30. The number of alkyl halides is 1. The maximum Gasteiger partial charge on any atom is 0.185 e. The minimum Gasteiger partial charge on any atom is -0.351 e. The van der Waals surface area contributed by atoms with Crippen molar-refractivity contribution >= 4 is 28.1 Å². The first-order valence-corrected chi connectivity index (χ1v) is 7.00. The van der Waals surface area contributed by atoms with Crippen molar-refractivity contribution in [1.82, 2.24) is 9.88 Å². The summed E-state index contributed by atoms with van der Waals surface area (Å²) in [4.78, 5) is 9.14. The van der Waals surface area contributed by atoms with Crippen LogP contribution in [0.5, 0.6) is 0 Å². The minimum absolute atomic E-state index is 0.510. The molecule has 1 aliphatic rings. The Kier molecular flexibility index (Phi) is 4.05. The lowest BCUT2D eigenvalue weighted by Gasteiger charge is -2.20. The highest BCUT2D eigenvalue weighted by atomic mass is 35.5. The third-order valence-corrected chi connectivity index (χ3v) is 4.30. The summed E-state index contributed by atoms with van der Waals surface area (Å²) < 4.78 is 0. The van der Waals surface area contributed by atoms with Gasteiger partial charge in [-0.25, -0.2) is 4.98 Å². The zero-order valence-corrected chi connectivity index (χ0v) is 11.4. The van der Waals surface area contributed by atoms with Crippen molar-refractivity contribution < 1.29 is 0 Å². The van der Waals surface area contributed by atoms with E-state index in [1.807, 2.05) is 5.38 Å². The van der Waals surface area contributed by atoms with E-state index in [1.165, 1.54) is 19.5 Å². The molecular formula is C11H18ClN3S. The summed E-state index contributed by atoms with van der Waals surface area (Å²) in [6, 6.07) is 0.